The molecular weight excluding hydrogens is 405 g/mol. The van der Waals surface area contributed by atoms with Crippen molar-refractivity contribution in [1.29, 1.82) is 0 Å². The standard InChI is InChI=1S/C22H30FN3O3S/c1-15(12-22(2,3)4)11-19(27)24-9-10-25-21(28)17-14-30-20(26-17)13-29-18-8-6-5-7-16(18)23/h5-8,14-15H,9-13H2,1-4H3,(H,24,27)(H,25,28)/t15-/m0/s1. The fourth-order valence-electron chi connectivity index (χ4n) is 3.16. The van der Waals surface area contributed by atoms with Crippen LogP contribution in [0.15, 0.2) is 29.6 Å². The molecule has 1 aromatic carbocycles. The maximum Gasteiger partial charge on any atom is 0.270 e. The van der Waals surface area contributed by atoms with Gasteiger partial charge in [0.1, 0.15) is 17.3 Å². The van der Waals surface area contributed by atoms with Gasteiger partial charge in [-0.15, -0.1) is 11.3 Å². The molecule has 0 aliphatic heterocycles. The molecule has 0 saturated heterocycles. The van der Waals surface area contributed by atoms with E-state index in [9.17, 15) is 14.0 Å². The minimum Gasteiger partial charge on any atom is -0.483 e. The van der Waals surface area contributed by atoms with Crippen LogP contribution in [0.1, 0.15) is 56.0 Å². The van der Waals surface area contributed by atoms with Crippen molar-refractivity contribution in [2.24, 2.45) is 11.3 Å². The molecule has 1 heterocycles. The predicted octanol–water partition coefficient (Wildman–Crippen LogP) is 4.17. The number of benzene rings is 1. The summed E-state index contributed by atoms with van der Waals surface area (Å²) in [6, 6.07) is 6.13. The summed E-state index contributed by atoms with van der Waals surface area (Å²) in [6.45, 7) is 9.31. The number of nitrogens with one attached hydrogen (secondary N) is 2. The molecule has 0 saturated carbocycles. The molecule has 0 radical (unpaired) electrons. The third kappa shape index (κ3) is 8.49. The lowest BCUT2D eigenvalue weighted by atomic mass is 9.84. The van der Waals surface area contributed by atoms with Crippen molar-refractivity contribution in [3.63, 3.8) is 0 Å². The molecular formula is C22H30FN3O3S. The van der Waals surface area contributed by atoms with Crippen LogP contribution in [0.4, 0.5) is 4.39 Å². The number of carbonyl (C=O) groups is 2. The van der Waals surface area contributed by atoms with Gasteiger partial charge in [0.15, 0.2) is 11.6 Å². The SMILES string of the molecule is C[C@@H](CC(=O)NCCNC(=O)c1csc(COc2ccccc2F)n1)CC(C)(C)C. The van der Waals surface area contributed by atoms with Crippen LogP contribution in [0.3, 0.4) is 0 Å². The van der Waals surface area contributed by atoms with E-state index in [1.165, 1.54) is 23.5 Å². The van der Waals surface area contributed by atoms with E-state index < -0.39 is 5.82 Å². The van der Waals surface area contributed by atoms with E-state index >= 15 is 0 Å². The molecule has 2 aromatic rings. The van der Waals surface area contributed by atoms with Gasteiger partial charge in [-0.05, 0) is 29.9 Å². The van der Waals surface area contributed by atoms with Crippen molar-refractivity contribution in [2.45, 2.75) is 47.1 Å². The number of hydrogen-bond donors (Lipinski definition) is 2. The second-order valence-corrected chi connectivity index (χ2v) is 9.47. The number of halogens is 1. The van der Waals surface area contributed by atoms with Gasteiger partial charge in [-0.25, -0.2) is 9.37 Å². The molecule has 0 unspecified atom stereocenters. The number of ether oxygens (including phenoxy) is 1. The van der Waals surface area contributed by atoms with Gasteiger partial charge in [0.05, 0.1) is 0 Å². The zero-order valence-corrected chi connectivity index (χ0v) is 18.8. The first kappa shape index (κ1) is 23.8. The summed E-state index contributed by atoms with van der Waals surface area (Å²) in [7, 11) is 0. The topological polar surface area (TPSA) is 80.3 Å². The Hall–Kier alpha value is -2.48. The highest BCUT2D eigenvalue weighted by Crippen LogP contribution is 2.25. The van der Waals surface area contributed by atoms with Crippen LogP contribution in [0.25, 0.3) is 0 Å². The maximum atomic E-state index is 13.6. The lowest BCUT2D eigenvalue weighted by molar-refractivity contribution is -0.122. The normalized spacial score (nSPS) is 12.3. The number of amides is 2. The zero-order chi connectivity index (χ0) is 22.1. The summed E-state index contributed by atoms with van der Waals surface area (Å²) in [5, 5.41) is 7.76. The summed E-state index contributed by atoms with van der Waals surface area (Å²) in [5.74, 6) is -0.325. The lowest BCUT2D eigenvalue weighted by Gasteiger charge is -2.22. The summed E-state index contributed by atoms with van der Waals surface area (Å²) in [5.41, 5.74) is 0.470. The van der Waals surface area contributed by atoms with Crippen molar-refractivity contribution in [3.8, 4) is 5.75 Å². The average molecular weight is 436 g/mol. The Morgan fingerprint density at radius 2 is 1.90 bits per heavy atom. The molecule has 0 fully saturated rings. The summed E-state index contributed by atoms with van der Waals surface area (Å²) >= 11 is 1.27. The highest BCUT2D eigenvalue weighted by atomic mass is 32.1. The van der Waals surface area contributed by atoms with E-state index in [4.69, 9.17) is 4.74 Å². The number of aromatic nitrogens is 1. The zero-order valence-electron chi connectivity index (χ0n) is 18.0. The summed E-state index contributed by atoms with van der Waals surface area (Å²) in [6.07, 6.45) is 1.45. The van der Waals surface area contributed by atoms with Gasteiger partial charge >= 0.3 is 0 Å². The number of para-hydroxylation sites is 1. The molecule has 2 N–H and O–H groups in total. The number of hydrogen-bond acceptors (Lipinski definition) is 5. The smallest absolute Gasteiger partial charge is 0.270 e. The Bertz CT molecular complexity index is 848. The first-order chi connectivity index (χ1) is 14.1. The Kier molecular flexibility index (Phi) is 8.77. The van der Waals surface area contributed by atoms with Gasteiger partial charge in [-0.3, -0.25) is 9.59 Å². The van der Waals surface area contributed by atoms with Crippen molar-refractivity contribution >= 4 is 23.2 Å². The molecule has 2 rings (SSSR count). The van der Waals surface area contributed by atoms with Crippen molar-refractivity contribution in [3.05, 3.63) is 46.2 Å². The van der Waals surface area contributed by atoms with E-state index in [2.05, 4.69) is 43.3 Å². The molecule has 0 aliphatic carbocycles. The first-order valence-electron chi connectivity index (χ1n) is 10.0. The molecule has 164 valence electrons. The molecule has 1 atom stereocenters. The van der Waals surface area contributed by atoms with Gasteiger partial charge in [-0.1, -0.05) is 39.8 Å². The van der Waals surface area contributed by atoms with Crippen LogP contribution < -0.4 is 15.4 Å². The molecule has 0 spiro atoms. The molecule has 2 amide bonds. The van der Waals surface area contributed by atoms with Gasteiger partial charge in [-0.2, -0.15) is 0 Å². The fourth-order valence-corrected chi connectivity index (χ4v) is 3.84. The Morgan fingerprint density at radius 3 is 2.60 bits per heavy atom. The Labute approximate surface area is 181 Å². The van der Waals surface area contributed by atoms with Crippen LogP contribution in [-0.4, -0.2) is 29.9 Å². The van der Waals surface area contributed by atoms with Crippen LogP contribution in [0.2, 0.25) is 0 Å². The minimum absolute atomic E-state index is 0.0118. The van der Waals surface area contributed by atoms with Gasteiger partial charge in [0, 0.05) is 24.9 Å². The second kappa shape index (κ2) is 11.1. The predicted molar refractivity (Wildman–Crippen MR) is 116 cm³/mol. The van der Waals surface area contributed by atoms with Crippen molar-refractivity contribution < 1.29 is 18.7 Å². The number of thiazole rings is 1. The maximum absolute atomic E-state index is 13.6. The quantitative estimate of drug-likeness (QED) is 0.549. The van der Waals surface area contributed by atoms with Crippen LogP contribution in [-0.2, 0) is 11.4 Å². The van der Waals surface area contributed by atoms with Gasteiger partial charge in [0.2, 0.25) is 5.91 Å². The summed E-state index contributed by atoms with van der Waals surface area (Å²) < 4.78 is 19.0. The Balaban J connectivity index is 1.68. The molecule has 0 aliphatic rings. The number of rotatable bonds is 10. The third-order valence-electron chi connectivity index (χ3n) is 4.20. The van der Waals surface area contributed by atoms with E-state index in [-0.39, 0.29) is 35.3 Å². The van der Waals surface area contributed by atoms with Crippen LogP contribution in [0.5, 0.6) is 5.75 Å². The third-order valence-corrected chi connectivity index (χ3v) is 5.02. The highest BCUT2D eigenvalue weighted by molar-refractivity contribution is 7.09. The van der Waals surface area contributed by atoms with E-state index in [0.717, 1.165) is 6.42 Å². The first-order valence-corrected chi connectivity index (χ1v) is 10.9. The van der Waals surface area contributed by atoms with Crippen LogP contribution in [0, 0.1) is 17.2 Å². The monoisotopic (exact) mass is 435 g/mol. The highest BCUT2D eigenvalue weighted by Gasteiger charge is 2.17. The fraction of sp³-hybridized carbons (Fsp3) is 0.500. The minimum atomic E-state index is -0.443. The number of nitrogens with zero attached hydrogens (tertiary/aromatic N) is 1. The molecule has 8 heteroatoms. The van der Waals surface area contributed by atoms with E-state index in [0.29, 0.717) is 30.4 Å². The van der Waals surface area contributed by atoms with Gasteiger partial charge < -0.3 is 15.4 Å². The Morgan fingerprint density at radius 1 is 1.20 bits per heavy atom. The van der Waals surface area contributed by atoms with Crippen LogP contribution >= 0.6 is 11.3 Å². The van der Waals surface area contributed by atoms with E-state index in [1.807, 2.05) is 0 Å². The summed E-state index contributed by atoms with van der Waals surface area (Å²) in [4.78, 5) is 28.4. The largest absolute Gasteiger partial charge is 0.483 e. The van der Waals surface area contributed by atoms with Crippen molar-refractivity contribution in [2.75, 3.05) is 13.1 Å². The number of carbonyl (C=O) groups excluding carboxylic acids is 2. The second-order valence-electron chi connectivity index (χ2n) is 8.53. The lowest BCUT2D eigenvalue weighted by Crippen LogP contribution is -2.35. The molecule has 0 bridgehead atoms. The molecule has 30 heavy (non-hydrogen) atoms. The van der Waals surface area contributed by atoms with Crippen molar-refractivity contribution in [1.82, 2.24) is 15.6 Å². The molecule has 6 nitrogen and oxygen atoms in total. The average Bonchev–Trinajstić information content (AvgIpc) is 3.12. The van der Waals surface area contributed by atoms with Gasteiger partial charge in [0.25, 0.3) is 5.91 Å². The van der Waals surface area contributed by atoms with E-state index in [1.54, 1.807) is 17.5 Å². The molecule has 1 aromatic heterocycles.